The molecule has 0 saturated heterocycles. The second-order valence-corrected chi connectivity index (χ2v) is 5.05. The van der Waals surface area contributed by atoms with Gasteiger partial charge in [0.05, 0.1) is 19.9 Å². The molecule has 3 rings (SSSR count). The fourth-order valence-electron chi connectivity index (χ4n) is 2.37. The van der Waals surface area contributed by atoms with Crippen LogP contribution in [0.3, 0.4) is 0 Å². The van der Waals surface area contributed by atoms with Gasteiger partial charge in [0, 0.05) is 5.56 Å². The number of nitrogens with zero attached hydrogens (tertiary/aromatic N) is 4. The first kappa shape index (κ1) is 14.8. The van der Waals surface area contributed by atoms with Crippen LogP contribution in [0.25, 0.3) is 17.1 Å². The number of aryl methyl sites for hydroxylation is 1. The minimum atomic E-state index is 0.524. The number of rotatable bonds is 4. The summed E-state index contributed by atoms with van der Waals surface area (Å²) in [7, 11) is 3.19. The van der Waals surface area contributed by atoms with Crippen LogP contribution in [0.1, 0.15) is 5.56 Å². The minimum Gasteiger partial charge on any atom is -0.495 e. The molecule has 3 aromatic rings. The molecule has 2 N–H and O–H groups in total. The molecule has 0 saturated carbocycles. The van der Waals surface area contributed by atoms with Gasteiger partial charge >= 0.3 is 0 Å². The Kier molecular flexibility index (Phi) is 3.84. The van der Waals surface area contributed by atoms with E-state index >= 15 is 0 Å². The van der Waals surface area contributed by atoms with Crippen LogP contribution < -0.4 is 15.2 Å². The molecule has 23 heavy (non-hydrogen) atoms. The highest BCUT2D eigenvalue weighted by Gasteiger charge is 2.15. The number of nitrogen functional groups attached to an aromatic ring is 1. The Hall–Kier alpha value is -3.09. The summed E-state index contributed by atoms with van der Waals surface area (Å²) in [5.74, 6) is 1.87. The predicted octanol–water partition coefficient (Wildman–Crippen LogP) is 2.24. The van der Waals surface area contributed by atoms with Crippen molar-refractivity contribution in [3.63, 3.8) is 0 Å². The first-order chi connectivity index (χ1) is 11.1. The highest BCUT2D eigenvalue weighted by atomic mass is 16.5. The molecule has 0 aliphatic carbocycles. The van der Waals surface area contributed by atoms with Crippen molar-refractivity contribution in [3.05, 3.63) is 42.0 Å². The van der Waals surface area contributed by atoms with Gasteiger partial charge in [-0.3, -0.25) is 0 Å². The smallest absolute Gasteiger partial charge is 0.187 e. The van der Waals surface area contributed by atoms with E-state index in [2.05, 4.69) is 15.5 Å². The maximum Gasteiger partial charge on any atom is 0.187 e. The molecule has 118 valence electrons. The summed E-state index contributed by atoms with van der Waals surface area (Å²) in [4.78, 5) is 0. The van der Waals surface area contributed by atoms with E-state index in [4.69, 9.17) is 15.2 Å². The lowest BCUT2D eigenvalue weighted by Crippen LogP contribution is -2.03. The highest BCUT2D eigenvalue weighted by molar-refractivity contribution is 5.68. The van der Waals surface area contributed by atoms with Crippen LogP contribution in [0, 0.1) is 6.92 Å². The summed E-state index contributed by atoms with van der Waals surface area (Å²) in [6, 6.07) is 11.3. The molecular formula is C16H17N5O2. The van der Waals surface area contributed by atoms with E-state index < -0.39 is 0 Å². The Morgan fingerprint density at radius 1 is 1.00 bits per heavy atom. The van der Waals surface area contributed by atoms with Crippen molar-refractivity contribution in [3.8, 4) is 28.6 Å². The summed E-state index contributed by atoms with van der Waals surface area (Å²) in [5, 5.41) is 12.0. The van der Waals surface area contributed by atoms with Crippen LogP contribution in [0.2, 0.25) is 0 Å². The van der Waals surface area contributed by atoms with E-state index in [1.807, 2.05) is 31.2 Å². The standard InChI is InChI=1S/C16H17N5O2/c1-10-4-6-15(23-3)13(8-10)21-16(18-19-20-21)11-5-7-14(22-2)12(17)9-11/h4-9H,17H2,1-3H3. The lowest BCUT2D eigenvalue weighted by atomic mass is 10.1. The molecule has 0 spiro atoms. The van der Waals surface area contributed by atoms with Gasteiger partial charge in [-0.2, -0.15) is 4.68 Å². The summed E-state index contributed by atoms with van der Waals surface area (Å²) in [6.45, 7) is 2.00. The van der Waals surface area contributed by atoms with Crippen molar-refractivity contribution in [2.24, 2.45) is 0 Å². The Bertz CT molecular complexity index is 844. The third kappa shape index (κ3) is 2.68. The molecule has 0 unspecified atom stereocenters. The quantitative estimate of drug-likeness (QED) is 0.743. The SMILES string of the molecule is COc1ccc(-c2nnnn2-c2cc(C)ccc2OC)cc1N. The largest absolute Gasteiger partial charge is 0.495 e. The zero-order chi connectivity index (χ0) is 16.4. The normalized spacial score (nSPS) is 10.6. The highest BCUT2D eigenvalue weighted by Crippen LogP contribution is 2.30. The van der Waals surface area contributed by atoms with Crippen LogP contribution in [0.15, 0.2) is 36.4 Å². The number of tetrazole rings is 1. The van der Waals surface area contributed by atoms with Crippen LogP contribution >= 0.6 is 0 Å². The number of methoxy groups -OCH3 is 2. The fraction of sp³-hybridized carbons (Fsp3) is 0.188. The Morgan fingerprint density at radius 3 is 2.43 bits per heavy atom. The topological polar surface area (TPSA) is 88.1 Å². The second kappa shape index (κ2) is 5.96. The zero-order valence-corrected chi connectivity index (χ0v) is 13.1. The minimum absolute atomic E-state index is 0.524. The molecule has 7 heteroatoms. The number of hydrogen-bond acceptors (Lipinski definition) is 6. The number of nitrogens with two attached hydrogens (primary N) is 1. The first-order valence-electron chi connectivity index (χ1n) is 7.01. The van der Waals surface area contributed by atoms with E-state index in [0.29, 0.717) is 23.0 Å². The van der Waals surface area contributed by atoms with Crippen molar-refractivity contribution in [2.45, 2.75) is 6.92 Å². The van der Waals surface area contributed by atoms with E-state index in [9.17, 15) is 0 Å². The molecule has 2 aromatic carbocycles. The van der Waals surface area contributed by atoms with Crippen molar-refractivity contribution in [1.82, 2.24) is 20.2 Å². The van der Waals surface area contributed by atoms with Crippen LogP contribution in [0.4, 0.5) is 5.69 Å². The van der Waals surface area contributed by atoms with Gasteiger partial charge in [0.15, 0.2) is 5.82 Å². The fourth-order valence-corrected chi connectivity index (χ4v) is 2.37. The second-order valence-electron chi connectivity index (χ2n) is 5.05. The number of anilines is 1. The number of benzene rings is 2. The van der Waals surface area contributed by atoms with Crippen LogP contribution in [0.5, 0.6) is 11.5 Å². The summed E-state index contributed by atoms with van der Waals surface area (Å²) in [6.07, 6.45) is 0. The number of ether oxygens (including phenoxy) is 2. The van der Waals surface area contributed by atoms with Gasteiger partial charge < -0.3 is 15.2 Å². The molecule has 0 amide bonds. The monoisotopic (exact) mass is 311 g/mol. The van der Waals surface area contributed by atoms with Crippen molar-refractivity contribution < 1.29 is 9.47 Å². The van der Waals surface area contributed by atoms with Gasteiger partial charge in [0.25, 0.3) is 0 Å². The molecular weight excluding hydrogens is 294 g/mol. The molecule has 1 heterocycles. The maximum absolute atomic E-state index is 5.98. The number of hydrogen-bond donors (Lipinski definition) is 1. The Balaban J connectivity index is 2.14. The van der Waals surface area contributed by atoms with Gasteiger partial charge in [0.2, 0.25) is 0 Å². The van der Waals surface area contributed by atoms with Gasteiger partial charge in [-0.25, -0.2) is 0 Å². The first-order valence-corrected chi connectivity index (χ1v) is 7.01. The van der Waals surface area contributed by atoms with E-state index in [-0.39, 0.29) is 0 Å². The Labute approximate surface area is 133 Å². The molecule has 0 fully saturated rings. The van der Waals surface area contributed by atoms with Crippen molar-refractivity contribution >= 4 is 5.69 Å². The molecule has 1 aromatic heterocycles. The van der Waals surface area contributed by atoms with Gasteiger partial charge in [-0.1, -0.05) is 6.07 Å². The zero-order valence-electron chi connectivity index (χ0n) is 13.1. The summed E-state index contributed by atoms with van der Waals surface area (Å²) < 4.78 is 12.2. The third-order valence-electron chi connectivity index (χ3n) is 3.52. The van der Waals surface area contributed by atoms with Crippen LogP contribution in [-0.4, -0.2) is 34.4 Å². The molecule has 0 bridgehead atoms. The maximum atomic E-state index is 5.98. The predicted molar refractivity (Wildman–Crippen MR) is 86.8 cm³/mol. The summed E-state index contributed by atoms with van der Waals surface area (Å²) >= 11 is 0. The third-order valence-corrected chi connectivity index (χ3v) is 3.52. The lowest BCUT2D eigenvalue weighted by Gasteiger charge is -2.11. The van der Waals surface area contributed by atoms with Crippen LogP contribution in [-0.2, 0) is 0 Å². The number of aromatic nitrogens is 4. The lowest BCUT2D eigenvalue weighted by molar-refractivity contribution is 0.411. The molecule has 7 nitrogen and oxygen atoms in total. The van der Waals surface area contributed by atoms with E-state index in [0.717, 1.165) is 16.8 Å². The molecule has 0 radical (unpaired) electrons. The van der Waals surface area contributed by atoms with Gasteiger partial charge in [-0.15, -0.1) is 5.10 Å². The van der Waals surface area contributed by atoms with Crippen molar-refractivity contribution in [1.29, 1.82) is 0 Å². The van der Waals surface area contributed by atoms with E-state index in [1.54, 1.807) is 31.0 Å². The Morgan fingerprint density at radius 2 is 1.74 bits per heavy atom. The van der Waals surface area contributed by atoms with E-state index in [1.165, 1.54) is 0 Å². The average Bonchev–Trinajstić information content (AvgIpc) is 3.04. The van der Waals surface area contributed by atoms with Gasteiger partial charge in [0.1, 0.15) is 17.2 Å². The van der Waals surface area contributed by atoms with Crippen molar-refractivity contribution in [2.75, 3.05) is 20.0 Å². The summed E-state index contributed by atoms with van der Waals surface area (Å²) in [5.41, 5.74) is 9.14. The molecule has 0 atom stereocenters. The molecule has 0 aliphatic rings. The average molecular weight is 311 g/mol. The molecule has 0 aliphatic heterocycles. The van der Waals surface area contributed by atoms with Gasteiger partial charge in [-0.05, 0) is 53.2 Å².